The molecule has 1 aliphatic rings. The molecule has 0 saturated carbocycles. The SMILES string of the molecule is CCCCC(CC)C1CCNCC1. The molecule has 1 heterocycles. The van der Waals surface area contributed by atoms with Crippen LogP contribution in [0.25, 0.3) is 0 Å². The van der Waals surface area contributed by atoms with Gasteiger partial charge in [0.25, 0.3) is 0 Å². The number of rotatable bonds is 5. The first-order valence-electron chi connectivity index (χ1n) is 6.09. The average molecular weight is 183 g/mol. The van der Waals surface area contributed by atoms with Crippen molar-refractivity contribution in [1.82, 2.24) is 5.32 Å². The third-order valence-electron chi connectivity index (χ3n) is 3.50. The van der Waals surface area contributed by atoms with Gasteiger partial charge in [0, 0.05) is 0 Å². The molecule has 1 saturated heterocycles. The summed E-state index contributed by atoms with van der Waals surface area (Å²) in [5, 5.41) is 3.45. The van der Waals surface area contributed by atoms with Crippen LogP contribution in [0.3, 0.4) is 0 Å². The van der Waals surface area contributed by atoms with Gasteiger partial charge in [-0.25, -0.2) is 0 Å². The Bertz CT molecular complexity index is 116. The molecule has 1 rings (SSSR count). The molecule has 0 aliphatic carbocycles. The maximum atomic E-state index is 3.45. The number of unbranched alkanes of at least 4 members (excludes halogenated alkanes) is 1. The highest BCUT2D eigenvalue weighted by atomic mass is 14.9. The second-order valence-corrected chi connectivity index (χ2v) is 4.40. The van der Waals surface area contributed by atoms with Gasteiger partial charge in [-0.15, -0.1) is 0 Å². The van der Waals surface area contributed by atoms with E-state index in [-0.39, 0.29) is 0 Å². The molecule has 0 amide bonds. The van der Waals surface area contributed by atoms with Gasteiger partial charge in [-0.3, -0.25) is 0 Å². The lowest BCUT2D eigenvalue weighted by molar-refractivity contribution is 0.236. The van der Waals surface area contributed by atoms with Crippen LogP contribution in [0, 0.1) is 11.8 Å². The summed E-state index contributed by atoms with van der Waals surface area (Å²) >= 11 is 0. The quantitative estimate of drug-likeness (QED) is 0.690. The van der Waals surface area contributed by atoms with Gasteiger partial charge in [-0.05, 0) is 37.8 Å². The molecular weight excluding hydrogens is 158 g/mol. The Morgan fingerprint density at radius 2 is 1.92 bits per heavy atom. The van der Waals surface area contributed by atoms with Gasteiger partial charge in [0.1, 0.15) is 0 Å². The number of hydrogen-bond donors (Lipinski definition) is 1. The van der Waals surface area contributed by atoms with Crippen LogP contribution in [0.4, 0.5) is 0 Å². The highest BCUT2D eigenvalue weighted by Crippen LogP contribution is 2.28. The minimum Gasteiger partial charge on any atom is -0.317 e. The van der Waals surface area contributed by atoms with Gasteiger partial charge >= 0.3 is 0 Å². The minimum atomic E-state index is 1.02. The zero-order chi connectivity index (χ0) is 9.52. The van der Waals surface area contributed by atoms with E-state index in [4.69, 9.17) is 0 Å². The van der Waals surface area contributed by atoms with Crippen LogP contribution < -0.4 is 5.32 Å². The number of hydrogen-bond acceptors (Lipinski definition) is 1. The zero-order valence-electron chi connectivity index (χ0n) is 9.31. The Balaban J connectivity index is 2.26. The highest BCUT2D eigenvalue weighted by molar-refractivity contribution is 4.74. The van der Waals surface area contributed by atoms with Crippen molar-refractivity contribution in [3.8, 4) is 0 Å². The predicted molar refractivity (Wildman–Crippen MR) is 58.9 cm³/mol. The van der Waals surface area contributed by atoms with E-state index in [1.165, 1.54) is 51.6 Å². The van der Waals surface area contributed by atoms with E-state index in [1.807, 2.05) is 0 Å². The number of nitrogens with one attached hydrogen (secondary N) is 1. The Labute approximate surface area is 83.3 Å². The van der Waals surface area contributed by atoms with E-state index < -0.39 is 0 Å². The molecule has 0 aromatic rings. The van der Waals surface area contributed by atoms with Gasteiger partial charge in [0.2, 0.25) is 0 Å². The molecule has 13 heavy (non-hydrogen) atoms. The largest absolute Gasteiger partial charge is 0.317 e. The smallest absolute Gasteiger partial charge is 0.00462 e. The fourth-order valence-electron chi connectivity index (χ4n) is 2.56. The monoisotopic (exact) mass is 183 g/mol. The lowest BCUT2D eigenvalue weighted by Gasteiger charge is -2.30. The van der Waals surface area contributed by atoms with Crippen molar-refractivity contribution < 1.29 is 0 Å². The summed E-state index contributed by atoms with van der Waals surface area (Å²) in [5.74, 6) is 2.04. The van der Waals surface area contributed by atoms with Crippen LogP contribution >= 0.6 is 0 Å². The van der Waals surface area contributed by atoms with Crippen LogP contribution in [0.2, 0.25) is 0 Å². The molecule has 1 nitrogen and oxygen atoms in total. The van der Waals surface area contributed by atoms with Gasteiger partial charge in [0.05, 0.1) is 0 Å². The molecule has 0 spiro atoms. The lowest BCUT2D eigenvalue weighted by Crippen LogP contribution is -2.31. The Hall–Kier alpha value is -0.0400. The summed E-state index contributed by atoms with van der Waals surface area (Å²) in [4.78, 5) is 0. The predicted octanol–water partition coefficient (Wildman–Crippen LogP) is 3.20. The maximum Gasteiger partial charge on any atom is -0.00462 e. The van der Waals surface area contributed by atoms with Crippen molar-refractivity contribution in [3.63, 3.8) is 0 Å². The first-order valence-corrected chi connectivity index (χ1v) is 6.09. The molecular formula is C12H25N. The molecule has 0 radical (unpaired) electrons. The average Bonchev–Trinajstić information content (AvgIpc) is 2.21. The molecule has 78 valence electrons. The van der Waals surface area contributed by atoms with Crippen LogP contribution in [-0.4, -0.2) is 13.1 Å². The second kappa shape index (κ2) is 6.42. The van der Waals surface area contributed by atoms with Crippen molar-refractivity contribution in [2.45, 2.75) is 52.4 Å². The van der Waals surface area contributed by atoms with Gasteiger partial charge < -0.3 is 5.32 Å². The first kappa shape index (κ1) is 11.0. The summed E-state index contributed by atoms with van der Waals surface area (Å²) < 4.78 is 0. The summed E-state index contributed by atoms with van der Waals surface area (Å²) in [6.07, 6.45) is 8.50. The third kappa shape index (κ3) is 3.68. The third-order valence-corrected chi connectivity index (χ3v) is 3.50. The van der Waals surface area contributed by atoms with Crippen molar-refractivity contribution in [1.29, 1.82) is 0 Å². The molecule has 1 fully saturated rings. The van der Waals surface area contributed by atoms with Gasteiger partial charge in [0.15, 0.2) is 0 Å². The zero-order valence-corrected chi connectivity index (χ0v) is 9.31. The Kier molecular flexibility index (Phi) is 5.45. The summed E-state index contributed by atoms with van der Waals surface area (Å²) in [5.41, 5.74) is 0. The molecule has 1 atom stereocenters. The number of piperidine rings is 1. The highest BCUT2D eigenvalue weighted by Gasteiger charge is 2.21. The molecule has 1 unspecified atom stereocenters. The standard InChI is InChI=1S/C12H25N/c1-3-5-6-11(4-2)12-7-9-13-10-8-12/h11-13H,3-10H2,1-2H3. The van der Waals surface area contributed by atoms with Crippen LogP contribution in [0.15, 0.2) is 0 Å². The van der Waals surface area contributed by atoms with E-state index in [1.54, 1.807) is 0 Å². The first-order chi connectivity index (χ1) is 6.38. The summed E-state index contributed by atoms with van der Waals surface area (Å²) in [6.45, 7) is 7.18. The van der Waals surface area contributed by atoms with E-state index in [2.05, 4.69) is 19.2 Å². The maximum absolute atomic E-state index is 3.45. The van der Waals surface area contributed by atoms with Crippen molar-refractivity contribution in [3.05, 3.63) is 0 Å². The van der Waals surface area contributed by atoms with Crippen molar-refractivity contribution in [2.75, 3.05) is 13.1 Å². The molecule has 1 aliphatic heterocycles. The van der Waals surface area contributed by atoms with E-state index in [0.29, 0.717) is 0 Å². The topological polar surface area (TPSA) is 12.0 Å². The Morgan fingerprint density at radius 3 is 2.46 bits per heavy atom. The fourth-order valence-corrected chi connectivity index (χ4v) is 2.56. The lowest BCUT2D eigenvalue weighted by atomic mass is 9.80. The van der Waals surface area contributed by atoms with Gasteiger partial charge in [-0.2, -0.15) is 0 Å². The normalized spacial score (nSPS) is 21.7. The van der Waals surface area contributed by atoms with Crippen molar-refractivity contribution in [2.24, 2.45) is 11.8 Å². The summed E-state index contributed by atoms with van der Waals surface area (Å²) in [6, 6.07) is 0. The molecule has 0 aromatic carbocycles. The molecule has 0 aromatic heterocycles. The summed E-state index contributed by atoms with van der Waals surface area (Å²) in [7, 11) is 0. The van der Waals surface area contributed by atoms with Crippen LogP contribution in [-0.2, 0) is 0 Å². The second-order valence-electron chi connectivity index (χ2n) is 4.40. The molecule has 0 bridgehead atoms. The Morgan fingerprint density at radius 1 is 1.23 bits per heavy atom. The van der Waals surface area contributed by atoms with E-state index >= 15 is 0 Å². The van der Waals surface area contributed by atoms with Crippen LogP contribution in [0.1, 0.15) is 52.4 Å². The van der Waals surface area contributed by atoms with E-state index in [9.17, 15) is 0 Å². The molecule has 1 N–H and O–H groups in total. The van der Waals surface area contributed by atoms with Crippen molar-refractivity contribution >= 4 is 0 Å². The van der Waals surface area contributed by atoms with Crippen LogP contribution in [0.5, 0.6) is 0 Å². The fraction of sp³-hybridized carbons (Fsp3) is 1.00. The van der Waals surface area contributed by atoms with Gasteiger partial charge in [-0.1, -0.05) is 39.5 Å². The van der Waals surface area contributed by atoms with E-state index in [0.717, 1.165) is 11.8 Å². The molecule has 1 heteroatoms. The minimum absolute atomic E-state index is 1.02.